The highest BCUT2D eigenvalue weighted by molar-refractivity contribution is 7.17. The Morgan fingerprint density at radius 3 is 2.51 bits per heavy atom. The van der Waals surface area contributed by atoms with Gasteiger partial charge in [-0.25, -0.2) is 0 Å². The second-order valence-electron chi connectivity index (χ2n) is 8.65. The van der Waals surface area contributed by atoms with E-state index in [1.807, 2.05) is 24.3 Å². The number of halogens is 1. The van der Waals surface area contributed by atoms with Crippen LogP contribution in [0.2, 0.25) is 5.02 Å². The number of rotatable bonds is 6. The van der Waals surface area contributed by atoms with E-state index in [2.05, 4.69) is 19.9 Å². The SMILES string of the molecule is O=[N+]([O-])c1ccc([C@H](c2sc3nc(-c4ccco4)nn3c2O)N2CCN(c3cccc(Cl)c3)CC2)cc1. The van der Waals surface area contributed by atoms with Crippen molar-refractivity contribution < 1.29 is 14.4 Å². The summed E-state index contributed by atoms with van der Waals surface area (Å²) in [7, 11) is 0. The smallest absolute Gasteiger partial charge is 0.269 e. The molecule has 0 saturated carbocycles. The quantitative estimate of drug-likeness (QED) is 0.232. The molecule has 37 heavy (non-hydrogen) atoms. The fraction of sp³-hybridized carbons (Fsp3) is 0.200. The van der Waals surface area contributed by atoms with E-state index in [0.717, 1.165) is 24.3 Å². The average molecular weight is 537 g/mol. The van der Waals surface area contributed by atoms with E-state index in [1.54, 1.807) is 30.5 Å². The molecule has 1 fully saturated rings. The molecule has 0 amide bonds. The van der Waals surface area contributed by atoms with E-state index < -0.39 is 4.92 Å². The first kappa shape index (κ1) is 23.5. The summed E-state index contributed by atoms with van der Waals surface area (Å²) in [6.07, 6.45) is 1.55. The van der Waals surface area contributed by atoms with Crippen molar-refractivity contribution in [1.29, 1.82) is 0 Å². The molecule has 3 aromatic heterocycles. The zero-order chi connectivity index (χ0) is 25.5. The predicted molar refractivity (Wildman–Crippen MR) is 140 cm³/mol. The minimum absolute atomic E-state index is 0.00840. The molecule has 1 N–H and O–H groups in total. The third-order valence-corrected chi connectivity index (χ3v) is 7.77. The van der Waals surface area contributed by atoms with Gasteiger partial charge in [0.05, 0.1) is 22.1 Å². The van der Waals surface area contributed by atoms with E-state index >= 15 is 0 Å². The van der Waals surface area contributed by atoms with Gasteiger partial charge in [-0.2, -0.15) is 9.50 Å². The van der Waals surface area contributed by atoms with E-state index in [1.165, 1.54) is 28.0 Å². The van der Waals surface area contributed by atoms with Gasteiger partial charge >= 0.3 is 0 Å². The van der Waals surface area contributed by atoms with Crippen LogP contribution in [0.5, 0.6) is 5.88 Å². The third kappa shape index (κ3) is 4.41. The number of nitrogens with zero attached hydrogens (tertiary/aromatic N) is 6. The number of non-ortho nitro benzene ring substituents is 1. The van der Waals surface area contributed by atoms with Gasteiger partial charge in [-0.3, -0.25) is 15.0 Å². The molecule has 2 aromatic carbocycles. The molecule has 0 spiro atoms. The van der Waals surface area contributed by atoms with Crippen LogP contribution in [0.1, 0.15) is 16.5 Å². The molecule has 188 valence electrons. The maximum atomic E-state index is 11.2. The lowest BCUT2D eigenvalue weighted by molar-refractivity contribution is -0.384. The van der Waals surface area contributed by atoms with E-state index in [0.29, 0.717) is 39.5 Å². The molecule has 0 bridgehead atoms. The van der Waals surface area contributed by atoms with E-state index in [9.17, 15) is 15.2 Å². The molecular formula is C25H21ClN6O4S. The summed E-state index contributed by atoms with van der Waals surface area (Å²) in [5.41, 5.74) is 1.92. The number of anilines is 1. The summed E-state index contributed by atoms with van der Waals surface area (Å²) in [6.45, 7) is 2.93. The van der Waals surface area contributed by atoms with Crippen LogP contribution in [-0.4, -0.2) is 55.7 Å². The standard InChI is InChI=1S/C25H21ClN6O4S/c26-17-3-1-4-19(15-17)29-10-12-30(13-11-29)21(16-6-8-18(9-7-16)32(34)35)22-24(33)31-25(37-22)27-23(28-31)20-5-2-14-36-20/h1-9,14-15,21,33H,10-13H2/t21-/m1/s1. The van der Waals surface area contributed by atoms with Gasteiger partial charge in [-0.05, 0) is 35.9 Å². The number of nitro groups is 1. The first-order valence-electron chi connectivity index (χ1n) is 11.6. The number of aromatic hydroxyl groups is 1. The minimum Gasteiger partial charge on any atom is -0.492 e. The lowest BCUT2D eigenvalue weighted by Gasteiger charge is -2.40. The second kappa shape index (κ2) is 9.51. The summed E-state index contributed by atoms with van der Waals surface area (Å²) in [4.78, 5) is 21.1. The third-order valence-electron chi connectivity index (χ3n) is 6.46. The van der Waals surface area contributed by atoms with Crippen molar-refractivity contribution >= 4 is 39.3 Å². The van der Waals surface area contributed by atoms with Crippen molar-refractivity contribution in [2.24, 2.45) is 0 Å². The Labute approximate surface area is 220 Å². The lowest BCUT2D eigenvalue weighted by Crippen LogP contribution is -2.47. The predicted octanol–water partition coefficient (Wildman–Crippen LogP) is 5.23. The van der Waals surface area contributed by atoms with Crippen molar-refractivity contribution in [3.8, 4) is 17.5 Å². The van der Waals surface area contributed by atoms with Crippen LogP contribution >= 0.6 is 22.9 Å². The highest BCUT2D eigenvalue weighted by Crippen LogP contribution is 2.41. The highest BCUT2D eigenvalue weighted by atomic mass is 35.5. The number of benzene rings is 2. The second-order valence-corrected chi connectivity index (χ2v) is 10.1. The fourth-order valence-electron chi connectivity index (χ4n) is 4.66. The Kier molecular flexibility index (Phi) is 6.03. The Hall–Kier alpha value is -3.93. The number of hydrogen-bond acceptors (Lipinski definition) is 9. The van der Waals surface area contributed by atoms with Gasteiger partial charge < -0.3 is 14.4 Å². The Balaban J connectivity index is 1.34. The zero-order valence-corrected chi connectivity index (χ0v) is 21.0. The van der Waals surface area contributed by atoms with Crippen LogP contribution in [0, 0.1) is 10.1 Å². The van der Waals surface area contributed by atoms with Gasteiger partial charge in [0.25, 0.3) is 5.69 Å². The summed E-state index contributed by atoms with van der Waals surface area (Å²) in [5, 5.41) is 27.6. The monoisotopic (exact) mass is 536 g/mol. The van der Waals surface area contributed by atoms with Crippen LogP contribution in [0.25, 0.3) is 16.5 Å². The van der Waals surface area contributed by atoms with Crippen molar-refractivity contribution in [2.45, 2.75) is 6.04 Å². The van der Waals surface area contributed by atoms with Gasteiger partial charge in [0.1, 0.15) is 0 Å². The molecule has 5 aromatic rings. The van der Waals surface area contributed by atoms with Gasteiger partial charge in [0.15, 0.2) is 5.76 Å². The Bertz CT molecular complexity index is 1560. The molecule has 4 heterocycles. The van der Waals surface area contributed by atoms with Crippen LogP contribution in [0.3, 0.4) is 0 Å². The Morgan fingerprint density at radius 2 is 1.86 bits per heavy atom. The van der Waals surface area contributed by atoms with E-state index in [-0.39, 0.29) is 17.6 Å². The molecule has 6 rings (SSSR count). The summed E-state index contributed by atoms with van der Waals surface area (Å²) < 4.78 is 6.81. The van der Waals surface area contributed by atoms with E-state index in [4.69, 9.17) is 16.0 Å². The van der Waals surface area contributed by atoms with Crippen molar-refractivity contribution in [3.05, 3.63) is 92.5 Å². The first-order valence-corrected chi connectivity index (χ1v) is 12.8. The van der Waals surface area contributed by atoms with Gasteiger partial charge in [0.2, 0.25) is 16.7 Å². The number of furan rings is 1. The molecule has 1 saturated heterocycles. The number of thiazole rings is 1. The first-order chi connectivity index (χ1) is 18.0. The molecular weight excluding hydrogens is 516 g/mol. The molecule has 0 unspecified atom stereocenters. The molecule has 1 aliphatic heterocycles. The van der Waals surface area contributed by atoms with Gasteiger partial charge in [-0.1, -0.05) is 41.1 Å². The molecule has 0 radical (unpaired) electrons. The highest BCUT2D eigenvalue weighted by Gasteiger charge is 2.32. The maximum absolute atomic E-state index is 11.2. The number of hydrogen-bond donors (Lipinski definition) is 1. The lowest BCUT2D eigenvalue weighted by atomic mass is 10.0. The van der Waals surface area contributed by atoms with Crippen LogP contribution in [0.15, 0.2) is 71.3 Å². The normalized spacial score (nSPS) is 15.3. The number of nitro benzene ring substituents is 1. The van der Waals surface area contributed by atoms with Crippen LogP contribution in [0.4, 0.5) is 11.4 Å². The van der Waals surface area contributed by atoms with Crippen LogP contribution in [-0.2, 0) is 0 Å². The fourth-order valence-corrected chi connectivity index (χ4v) is 5.96. The molecule has 10 nitrogen and oxygen atoms in total. The maximum Gasteiger partial charge on any atom is 0.269 e. The number of aromatic nitrogens is 3. The van der Waals surface area contributed by atoms with Gasteiger partial charge in [-0.15, -0.1) is 5.10 Å². The summed E-state index contributed by atoms with van der Waals surface area (Å²) in [6, 6.07) is 17.4. The molecule has 1 aliphatic rings. The van der Waals surface area contributed by atoms with Crippen molar-refractivity contribution in [1.82, 2.24) is 19.5 Å². The van der Waals surface area contributed by atoms with Gasteiger partial charge in [0, 0.05) is 49.0 Å². The largest absolute Gasteiger partial charge is 0.492 e. The minimum atomic E-state index is -0.417. The number of fused-ring (bicyclic) bond motifs is 1. The zero-order valence-electron chi connectivity index (χ0n) is 19.4. The average Bonchev–Trinajstić information content (AvgIpc) is 3.64. The molecule has 12 heteroatoms. The van der Waals surface area contributed by atoms with Crippen molar-refractivity contribution in [3.63, 3.8) is 0 Å². The summed E-state index contributed by atoms with van der Waals surface area (Å²) >= 11 is 7.54. The van der Waals surface area contributed by atoms with Crippen LogP contribution < -0.4 is 4.90 Å². The van der Waals surface area contributed by atoms with Crippen molar-refractivity contribution in [2.75, 3.05) is 31.1 Å². The number of piperazine rings is 1. The topological polar surface area (TPSA) is 113 Å². The Morgan fingerprint density at radius 1 is 1.08 bits per heavy atom. The molecule has 1 atom stereocenters. The molecule has 0 aliphatic carbocycles. The summed E-state index contributed by atoms with van der Waals surface area (Å²) in [5.74, 6) is 0.895.